The highest BCUT2D eigenvalue weighted by atomic mass is 35.5. The van der Waals surface area contributed by atoms with E-state index < -0.39 is 10.0 Å². The van der Waals surface area contributed by atoms with Crippen molar-refractivity contribution in [2.24, 2.45) is 0 Å². The number of amides is 2. The van der Waals surface area contributed by atoms with Crippen LogP contribution in [0.3, 0.4) is 0 Å². The Bertz CT molecular complexity index is 733. The number of likely N-dealkylation sites (N-methyl/N-ethyl adjacent to an activating group) is 1. The average Bonchev–Trinajstić information content (AvgIpc) is 2.60. The van der Waals surface area contributed by atoms with E-state index in [1.165, 1.54) is 23.5 Å². The van der Waals surface area contributed by atoms with Crippen LogP contribution in [0.2, 0.25) is 5.02 Å². The second-order valence-electron chi connectivity index (χ2n) is 5.59. The molecule has 1 aromatic carbocycles. The van der Waals surface area contributed by atoms with E-state index in [0.29, 0.717) is 18.1 Å². The van der Waals surface area contributed by atoms with Crippen LogP contribution in [0.4, 0.5) is 0 Å². The standard InChI is InChI=1S/C15H21ClN4O4S/c1-17-14(21)10-18-15(22)11-19-5-7-20(8-6-19)25(23,24)13-4-2-3-12(16)9-13/h2-4,9H,5-8,10-11H2,1H3,(H,17,21)(H,18,22). The summed E-state index contributed by atoms with van der Waals surface area (Å²) >= 11 is 5.87. The number of rotatable bonds is 6. The summed E-state index contributed by atoms with van der Waals surface area (Å²) in [5.41, 5.74) is 0. The fourth-order valence-corrected chi connectivity index (χ4v) is 4.15. The Hall–Kier alpha value is -1.68. The van der Waals surface area contributed by atoms with Crippen LogP contribution in [-0.2, 0) is 19.6 Å². The molecule has 1 saturated heterocycles. The minimum absolute atomic E-state index is 0.0710. The smallest absolute Gasteiger partial charge is 0.243 e. The van der Waals surface area contributed by atoms with Crippen LogP contribution in [0, 0.1) is 0 Å². The van der Waals surface area contributed by atoms with Gasteiger partial charge in [0.25, 0.3) is 0 Å². The number of sulfonamides is 1. The molecule has 0 bridgehead atoms. The van der Waals surface area contributed by atoms with E-state index in [2.05, 4.69) is 10.6 Å². The highest BCUT2D eigenvalue weighted by Crippen LogP contribution is 2.20. The molecule has 0 aromatic heterocycles. The monoisotopic (exact) mass is 388 g/mol. The molecule has 2 rings (SSSR count). The van der Waals surface area contributed by atoms with Crippen molar-refractivity contribution in [2.45, 2.75) is 4.90 Å². The van der Waals surface area contributed by atoms with Gasteiger partial charge in [0.2, 0.25) is 21.8 Å². The summed E-state index contributed by atoms with van der Waals surface area (Å²) in [6.45, 7) is 1.51. The molecule has 0 atom stereocenters. The fourth-order valence-electron chi connectivity index (χ4n) is 2.43. The number of nitrogens with zero attached hydrogens (tertiary/aromatic N) is 2. The highest BCUT2D eigenvalue weighted by molar-refractivity contribution is 7.89. The van der Waals surface area contributed by atoms with Crippen LogP contribution < -0.4 is 10.6 Å². The van der Waals surface area contributed by atoms with E-state index in [-0.39, 0.29) is 42.9 Å². The third kappa shape index (κ3) is 5.40. The Labute approximate surface area is 152 Å². The van der Waals surface area contributed by atoms with E-state index >= 15 is 0 Å². The molecule has 1 aromatic rings. The van der Waals surface area contributed by atoms with Crippen molar-refractivity contribution in [1.29, 1.82) is 0 Å². The SMILES string of the molecule is CNC(=O)CNC(=O)CN1CCN(S(=O)(=O)c2cccc(Cl)c2)CC1. The predicted molar refractivity (Wildman–Crippen MR) is 93.7 cm³/mol. The third-order valence-corrected chi connectivity index (χ3v) is 5.99. The summed E-state index contributed by atoms with van der Waals surface area (Å²) in [6, 6.07) is 6.16. The number of carbonyl (C=O) groups is 2. The van der Waals surface area contributed by atoms with Crippen molar-refractivity contribution in [3.05, 3.63) is 29.3 Å². The Morgan fingerprint density at radius 1 is 1.16 bits per heavy atom. The van der Waals surface area contributed by atoms with Gasteiger partial charge in [-0.15, -0.1) is 0 Å². The Balaban J connectivity index is 1.87. The molecule has 25 heavy (non-hydrogen) atoms. The van der Waals surface area contributed by atoms with Crippen molar-refractivity contribution >= 4 is 33.4 Å². The van der Waals surface area contributed by atoms with E-state index in [4.69, 9.17) is 11.6 Å². The summed E-state index contributed by atoms with van der Waals surface area (Å²) in [5, 5.41) is 5.30. The van der Waals surface area contributed by atoms with Gasteiger partial charge in [0, 0.05) is 38.2 Å². The molecule has 0 spiro atoms. The van der Waals surface area contributed by atoms with Crippen LogP contribution in [0.25, 0.3) is 0 Å². The first-order valence-electron chi connectivity index (χ1n) is 7.78. The lowest BCUT2D eigenvalue weighted by molar-refractivity contribution is -0.126. The van der Waals surface area contributed by atoms with Crippen LogP contribution in [0.1, 0.15) is 0 Å². The second kappa shape index (κ2) is 8.61. The van der Waals surface area contributed by atoms with Crippen molar-refractivity contribution in [3.8, 4) is 0 Å². The molecule has 1 fully saturated rings. The first-order chi connectivity index (χ1) is 11.8. The van der Waals surface area contributed by atoms with Gasteiger partial charge < -0.3 is 10.6 Å². The number of nitrogens with one attached hydrogen (secondary N) is 2. The summed E-state index contributed by atoms with van der Waals surface area (Å²) < 4.78 is 26.6. The lowest BCUT2D eigenvalue weighted by Gasteiger charge is -2.33. The van der Waals surface area contributed by atoms with Crippen LogP contribution in [0.15, 0.2) is 29.2 Å². The number of halogens is 1. The fraction of sp³-hybridized carbons (Fsp3) is 0.467. The molecule has 138 valence electrons. The quantitative estimate of drug-likeness (QED) is 0.685. The number of carbonyl (C=O) groups excluding carboxylic acids is 2. The summed E-state index contributed by atoms with van der Waals surface area (Å²) in [7, 11) is -2.10. The van der Waals surface area contributed by atoms with Gasteiger partial charge in [-0.1, -0.05) is 17.7 Å². The van der Waals surface area contributed by atoms with Crippen molar-refractivity contribution in [2.75, 3.05) is 46.3 Å². The predicted octanol–water partition coefficient (Wildman–Crippen LogP) is -0.491. The third-order valence-electron chi connectivity index (χ3n) is 3.86. The molecular formula is C15H21ClN4O4S. The number of benzene rings is 1. The van der Waals surface area contributed by atoms with Gasteiger partial charge in [-0.2, -0.15) is 4.31 Å². The zero-order valence-electron chi connectivity index (χ0n) is 13.9. The maximum absolute atomic E-state index is 12.6. The number of hydrogen-bond acceptors (Lipinski definition) is 5. The van der Waals surface area contributed by atoms with Crippen molar-refractivity contribution < 1.29 is 18.0 Å². The molecule has 2 N–H and O–H groups in total. The summed E-state index contributed by atoms with van der Waals surface area (Å²) in [5.74, 6) is -0.541. The Morgan fingerprint density at radius 3 is 2.44 bits per heavy atom. The van der Waals surface area contributed by atoms with Gasteiger partial charge in [-0.25, -0.2) is 8.42 Å². The largest absolute Gasteiger partial charge is 0.358 e. The molecule has 1 aliphatic heterocycles. The molecule has 0 aliphatic carbocycles. The van der Waals surface area contributed by atoms with Gasteiger partial charge in [-0.3, -0.25) is 14.5 Å². The van der Waals surface area contributed by atoms with Gasteiger partial charge in [-0.05, 0) is 18.2 Å². The van der Waals surface area contributed by atoms with Crippen LogP contribution in [0.5, 0.6) is 0 Å². The maximum atomic E-state index is 12.6. The molecule has 1 heterocycles. The number of piperazine rings is 1. The lowest BCUT2D eigenvalue weighted by Crippen LogP contribution is -2.51. The molecule has 1 aliphatic rings. The molecule has 0 saturated carbocycles. The van der Waals surface area contributed by atoms with Crippen LogP contribution >= 0.6 is 11.6 Å². The Morgan fingerprint density at radius 2 is 1.84 bits per heavy atom. The molecular weight excluding hydrogens is 368 g/mol. The van der Waals surface area contributed by atoms with Crippen molar-refractivity contribution in [3.63, 3.8) is 0 Å². The van der Waals surface area contributed by atoms with E-state index in [0.717, 1.165) is 0 Å². The number of hydrogen-bond donors (Lipinski definition) is 2. The first kappa shape index (κ1) is 19.6. The molecule has 0 radical (unpaired) electrons. The minimum atomic E-state index is -3.59. The summed E-state index contributed by atoms with van der Waals surface area (Å²) in [4.78, 5) is 24.9. The maximum Gasteiger partial charge on any atom is 0.243 e. The zero-order chi connectivity index (χ0) is 18.4. The normalized spacial score (nSPS) is 16.4. The first-order valence-corrected chi connectivity index (χ1v) is 9.60. The van der Waals surface area contributed by atoms with Crippen molar-refractivity contribution in [1.82, 2.24) is 19.8 Å². The molecule has 2 amide bonds. The van der Waals surface area contributed by atoms with E-state index in [1.807, 2.05) is 4.90 Å². The lowest BCUT2D eigenvalue weighted by atomic mass is 10.3. The van der Waals surface area contributed by atoms with Gasteiger partial charge in [0.15, 0.2) is 0 Å². The topological polar surface area (TPSA) is 98.8 Å². The van der Waals surface area contributed by atoms with E-state index in [9.17, 15) is 18.0 Å². The van der Waals surface area contributed by atoms with Gasteiger partial charge in [0.05, 0.1) is 18.0 Å². The molecule has 10 heteroatoms. The molecule has 0 unspecified atom stereocenters. The van der Waals surface area contributed by atoms with Crippen LogP contribution in [-0.4, -0.2) is 75.8 Å². The van der Waals surface area contributed by atoms with Gasteiger partial charge in [0.1, 0.15) is 0 Å². The zero-order valence-corrected chi connectivity index (χ0v) is 15.4. The Kier molecular flexibility index (Phi) is 6.77. The highest BCUT2D eigenvalue weighted by Gasteiger charge is 2.29. The van der Waals surface area contributed by atoms with Gasteiger partial charge >= 0.3 is 0 Å². The summed E-state index contributed by atoms with van der Waals surface area (Å²) in [6.07, 6.45) is 0. The second-order valence-corrected chi connectivity index (χ2v) is 7.96. The molecule has 8 nitrogen and oxygen atoms in total. The minimum Gasteiger partial charge on any atom is -0.358 e. The van der Waals surface area contributed by atoms with E-state index in [1.54, 1.807) is 12.1 Å². The average molecular weight is 389 g/mol.